The average Bonchev–Trinajstić information content (AvgIpc) is 3.08. The average molecular weight is 260 g/mol. The molecule has 4 fully saturated rings. The molecule has 3 atom stereocenters. The fourth-order valence-electron chi connectivity index (χ4n) is 4.92. The van der Waals surface area contributed by atoms with Crippen LogP contribution < -0.4 is 5.32 Å². The number of carbonyl (C=O) groups is 1. The minimum absolute atomic E-state index is 0.214. The fraction of sp³-hybridized carbons (Fsp3) is 0.875. The van der Waals surface area contributed by atoms with Gasteiger partial charge in [-0.3, -0.25) is 9.79 Å². The Morgan fingerprint density at radius 1 is 1.11 bits per heavy atom. The minimum atomic E-state index is -0.214. The number of amidine groups is 1. The molecule has 3 saturated carbocycles. The van der Waals surface area contributed by atoms with Gasteiger partial charge in [-0.25, -0.2) is 0 Å². The van der Waals surface area contributed by atoms with Crippen LogP contribution in [-0.2, 0) is 4.79 Å². The molecule has 4 rings (SSSR count). The maximum Gasteiger partial charge on any atom is 0.165 e. The summed E-state index contributed by atoms with van der Waals surface area (Å²) in [6, 6.07) is 0.521. The van der Waals surface area contributed by atoms with E-state index in [2.05, 4.69) is 5.32 Å². The first-order valence-electron chi connectivity index (χ1n) is 8.13. The van der Waals surface area contributed by atoms with Crippen LogP contribution in [0.2, 0.25) is 0 Å². The number of aliphatic imine (C=N–C) groups is 1. The molecule has 0 aromatic heterocycles. The monoisotopic (exact) mass is 260 g/mol. The molecule has 0 aromatic carbocycles. The molecule has 0 amide bonds. The first-order valence-corrected chi connectivity index (χ1v) is 8.13. The van der Waals surface area contributed by atoms with Crippen LogP contribution in [0.5, 0.6) is 0 Å². The van der Waals surface area contributed by atoms with E-state index in [1.165, 1.54) is 44.9 Å². The number of ketones is 1. The second-order valence-electron chi connectivity index (χ2n) is 7.19. The molecule has 4 aliphatic rings. The fourth-order valence-corrected chi connectivity index (χ4v) is 4.92. The Balaban J connectivity index is 1.50. The standard InChI is InChI=1S/C16H24N2O/c19-14-10-15(18-16(14)6-2-1-3-7-16)17-13-9-11-4-5-12(13)8-11/h11-13H,1-10H2,(H,17,18)/t11-,12+,13+/m0/s1. The maximum atomic E-state index is 12.4. The first-order chi connectivity index (χ1) is 9.25. The number of hydrogen-bond acceptors (Lipinski definition) is 2. The number of hydrogen-bond donors (Lipinski definition) is 1. The van der Waals surface area contributed by atoms with Crippen molar-refractivity contribution < 1.29 is 4.79 Å². The van der Waals surface area contributed by atoms with Crippen LogP contribution in [0.25, 0.3) is 0 Å². The molecule has 19 heavy (non-hydrogen) atoms. The van der Waals surface area contributed by atoms with E-state index >= 15 is 0 Å². The second kappa shape index (κ2) is 4.32. The zero-order valence-corrected chi connectivity index (χ0v) is 11.7. The summed E-state index contributed by atoms with van der Waals surface area (Å²) in [7, 11) is 0. The summed E-state index contributed by atoms with van der Waals surface area (Å²) in [6.45, 7) is 0. The second-order valence-corrected chi connectivity index (χ2v) is 7.19. The zero-order chi connectivity index (χ0) is 12.9. The molecule has 2 bridgehead atoms. The van der Waals surface area contributed by atoms with Gasteiger partial charge in [0.1, 0.15) is 5.84 Å². The van der Waals surface area contributed by atoms with Gasteiger partial charge in [0.25, 0.3) is 0 Å². The molecule has 3 heteroatoms. The van der Waals surface area contributed by atoms with Crippen LogP contribution in [0.3, 0.4) is 0 Å². The van der Waals surface area contributed by atoms with Gasteiger partial charge in [0.2, 0.25) is 0 Å². The lowest BCUT2D eigenvalue weighted by Crippen LogP contribution is -2.48. The molecular formula is C16H24N2O. The molecule has 0 unspecified atom stereocenters. The third kappa shape index (κ3) is 1.93. The highest BCUT2D eigenvalue weighted by Crippen LogP contribution is 2.46. The van der Waals surface area contributed by atoms with Gasteiger partial charge < -0.3 is 5.32 Å². The van der Waals surface area contributed by atoms with Crippen molar-refractivity contribution in [1.82, 2.24) is 5.32 Å². The van der Waals surface area contributed by atoms with Gasteiger partial charge >= 0.3 is 0 Å². The lowest BCUT2D eigenvalue weighted by Gasteiger charge is -2.32. The van der Waals surface area contributed by atoms with Crippen molar-refractivity contribution in [3.05, 3.63) is 0 Å². The lowest BCUT2D eigenvalue weighted by atomic mass is 9.80. The van der Waals surface area contributed by atoms with E-state index in [1.807, 2.05) is 0 Å². The molecule has 1 aliphatic heterocycles. The molecule has 1 spiro atoms. The Morgan fingerprint density at radius 2 is 1.95 bits per heavy atom. The topological polar surface area (TPSA) is 41.5 Å². The summed E-state index contributed by atoms with van der Waals surface area (Å²) < 4.78 is 0. The Bertz CT molecular complexity index is 422. The molecule has 0 radical (unpaired) electrons. The number of nitrogens with one attached hydrogen (secondary N) is 1. The van der Waals surface area contributed by atoms with Crippen LogP contribution in [0.4, 0.5) is 0 Å². The predicted molar refractivity (Wildman–Crippen MR) is 75.2 cm³/mol. The summed E-state index contributed by atoms with van der Waals surface area (Å²) >= 11 is 0. The summed E-state index contributed by atoms with van der Waals surface area (Å²) in [4.78, 5) is 17.3. The van der Waals surface area contributed by atoms with E-state index in [-0.39, 0.29) is 5.54 Å². The summed E-state index contributed by atoms with van der Waals surface area (Å²) in [5.74, 6) is 3.18. The summed E-state index contributed by atoms with van der Waals surface area (Å²) in [5, 5.41) is 3.54. The highest BCUT2D eigenvalue weighted by molar-refractivity contribution is 6.12. The third-order valence-electron chi connectivity index (χ3n) is 5.97. The van der Waals surface area contributed by atoms with Crippen molar-refractivity contribution in [3.8, 4) is 0 Å². The normalized spacial score (nSPS) is 42.2. The minimum Gasteiger partial charge on any atom is -0.361 e. The van der Waals surface area contributed by atoms with Gasteiger partial charge in [-0.1, -0.05) is 25.7 Å². The highest BCUT2D eigenvalue weighted by atomic mass is 16.1. The van der Waals surface area contributed by atoms with Crippen LogP contribution in [-0.4, -0.2) is 23.2 Å². The van der Waals surface area contributed by atoms with E-state index in [0.29, 0.717) is 18.2 Å². The molecule has 0 aromatic rings. The molecule has 3 aliphatic carbocycles. The number of fused-ring (bicyclic) bond motifs is 2. The maximum absolute atomic E-state index is 12.4. The van der Waals surface area contributed by atoms with E-state index in [0.717, 1.165) is 30.5 Å². The van der Waals surface area contributed by atoms with Gasteiger partial charge in [-0.05, 0) is 43.9 Å². The largest absolute Gasteiger partial charge is 0.361 e. The van der Waals surface area contributed by atoms with E-state index in [1.54, 1.807) is 0 Å². The van der Waals surface area contributed by atoms with E-state index < -0.39 is 0 Å². The van der Waals surface area contributed by atoms with Crippen molar-refractivity contribution in [2.24, 2.45) is 16.8 Å². The number of rotatable bonds is 1. The van der Waals surface area contributed by atoms with Gasteiger partial charge in [-0.15, -0.1) is 0 Å². The quantitative estimate of drug-likeness (QED) is 0.787. The molecule has 1 N–H and O–H groups in total. The van der Waals surface area contributed by atoms with Crippen LogP contribution in [0.1, 0.15) is 64.2 Å². The first kappa shape index (κ1) is 11.9. The zero-order valence-electron chi connectivity index (χ0n) is 11.7. The van der Waals surface area contributed by atoms with E-state index in [9.17, 15) is 4.79 Å². The number of nitrogens with zero attached hydrogens (tertiary/aromatic N) is 1. The third-order valence-corrected chi connectivity index (χ3v) is 5.97. The molecule has 104 valence electrons. The van der Waals surface area contributed by atoms with E-state index in [4.69, 9.17) is 4.99 Å². The number of carbonyl (C=O) groups excluding carboxylic acids is 1. The van der Waals surface area contributed by atoms with Gasteiger partial charge in [0.15, 0.2) is 5.78 Å². The highest BCUT2D eigenvalue weighted by Gasteiger charge is 2.46. The molecule has 1 heterocycles. The molecular weight excluding hydrogens is 236 g/mol. The smallest absolute Gasteiger partial charge is 0.165 e. The van der Waals surface area contributed by atoms with Crippen LogP contribution >= 0.6 is 0 Å². The van der Waals surface area contributed by atoms with Crippen molar-refractivity contribution in [1.29, 1.82) is 0 Å². The number of Topliss-reactive ketones (excluding diaryl/α,β-unsaturated/α-hetero) is 1. The Labute approximate surface area is 115 Å². The lowest BCUT2D eigenvalue weighted by molar-refractivity contribution is -0.123. The Hall–Kier alpha value is -0.860. The summed E-state index contributed by atoms with van der Waals surface area (Å²) in [6.07, 6.45) is 11.8. The SMILES string of the molecule is O=C1CC(=N[C@@H]2C[C@H]3CC[C@@H]2C3)NC12CCCCC2. The predicted octanol–water partition coefficient (Wildman–Crippen LogP) is 2.84. The van der Waals surface area contributed by atoms with Crippen molar-refractivity contribution in [3.63, 3.8) is 0 Å². The van der Waals surface area contributed by atoms with Gasteiger partial charge in [0.05, 0.1) is 18.0 Å². The summed E-state index contributed by atoms with van der Waals surface area (Å²) in [5.41, 5.74) is -0.214. The van der Waals surface area contributed by atoms with Crippen LogP contribution in [0.15, 0.2) is 4.99 Å². The van der Waals surface area contributed by atoms with Crippen molar-refractivity contribution in [2.45, 2.75) is 75.8 Å². The van der Waals surface area contributed by atoms with Crippen molar-refractivity contribution in [2.75, 3.05) is 0 Å². The van der Waals surface area contributed by atoms with Gasteiger partial charge in [-0.2, -0.15) is 0 Å². The van der Waals surface area contributed by atoms with Crippen LogP contribution in [0, 0.1) is 11.8 Å². The van der Waals surface area contributed by atoms with Crippen molar-refractivity contribution >= 4 is 11.6 Å². The molecule has 1 saturated heterocycles. The molecule has 3 nitrogen and oxygen atoms in total. The Morgan fingerprint density at radius 3 is 2.63 bits per heavy atom. The van der Waals surface area contributed by atoms with Gasteiger partial charge in [0, 0.05) is 0 Å². The Kier molecular flexibility index (Phi) is 2.71.